The Kier molecular flexibility index (Phi) is 6.46. The molecule has 1 atom stereocenters. The minimum absolute atomic E-state index is 0.0473. The van der Waals surface area contributed by atoms with Crippen molar-refractivity contribution in [2.24, 2.45) is 0 Å². The molecule has 1 aromatic carbocycles. The van der Waals surface area contributed by atoms with Gasteiger partial charge in [0, 0.05) is 30.1 Å². The first-order valence-corrected chi connectivity index (χ1v) is 8.39. The van der Waals surface area contributed by atoms with Gasteiger partial charge in [-0.25, -0.2) is 4.79 Å². The summed E-state index contributed by atoms with van der Waals surface area (Å²) in [4.78, 5) is 35.0. The third-order valence-electron chi connectivity index (χ3n) is 4.29. The highest BCUT2D eigenvalue weighted by Gasteiger charge is 2.23. The van der Waals surface area contributed by atoms with Crippen LogP contribution in [-0.4, -0.2) is 41.6 Å². The van der Waals surface area contributed by atoms with Crippen molar-refractivity contribution >= 4 is 17.4 Å². The van der Waals surface area contributed by atoms with Crippen LogP contribution in [0.1, 0.15) is 45.1 Å². The molecule has 2 rings (SSSR count). The van der Waals surface area contributed by atoms with Gasteiger partial charge in [0.2, 0.25) is 5.78 Å². The number of nitrogens with zero attached hydrogens (tertiary/aromatic N) is 2. The number of ketones is 1. The van der Waals surface area contributed by atoms with E-state index in [9.17, 15) is 19.7 Å². The van der Waals surface area contributed by atoms with Gasteiger partial charge in [0.25, 0.3) is 5.69 Å². The zero-order valence-electron chi connectivity index (χ0n) is 15.7. The molecule has 0 bridgehead atoms. The van der Waals surface area contributed by atoms with Crippen molar-refractivity contribution in [2.75, 3.05) is 20.3 Å². The van der Waals surface area contributed by atoms with E-state index in [2.05, 4.69) is 0 Å². The summed E-state index contributed by atoms with van der Waals surface area (Å²) in [6.07, 6.45) is 0. The van der Waals surface area contributed by atoms with E-state index in [4.69, 9.17) is 9.47 Å². The molecular weight excluding hydrogens is 352 g/mol. The SMILES string of the molecule is COC[C@@H](C)n1c(C)cc(C(=O)COC(=O)c2ccccc2[N+](=O)[O-])c1C. The molecular formula is C19H22N2O6. The van der Waals surface area contributed by atoms with Crippen molar-refractivity contribution in [3.8, 4) is 0 Å². The Morgan fingerprint density at radius 2 is 1.89 bits per heavy atom. The lowest BCUT2D eigenvalue weighted by atomic mass is 10.1. The van der Waals surface area contributed by atoms with Crippen LogP contribution in [0.25, 0.3) is 0 Å². The maximum Gasteiger partial charge on any atom is 0.345 e. The number of esters is 1. The number of ether oxygens (including phenoxy) is 2. The first kappa shape index (κ1) is 20.3. The summed E-state index contributed by atoms with van der Waals surface area (Å²) in [6, 6.07) is 7.24. The van der Waals surface area contributed by atoms with Gasteiger partial charge in [-0.1, -0.05) is 12.1 Å². The predicted molar refractivity (Wildman–Crippen MR) is 98.2 cm³/mol. The van der Waals surface area contributed by atoms with Crippen LogP contribution in [0.2, 0.25) is 0 Å². The first-order chi connectivity index (χ1) is 12.8. The smallest absolute Gasteiger partial charge is 0.345 e. The number of benzene rings is 1. The number of hydrogen-bond acceptors (Lipinski definition) is 6. The molecule has 0 aliphatic rings. The van der Waals surface area contributed by atoms with Crippen molar-refractivity contribution in [2.45, 2.75) is 26.8 Å². The quantitative estimate of drug-likeness (QED) is 0.304. The van der Waals surface area contributed by atoms with Gasteiger partial charge in [-0.05, 0) is 32.9 Å². The van der Waals surface area contributed by atoms with Gasteiger partial charge in [-0.2, -0.15) is 0 Å². The maximum absolute atomic E-state index is 12.5. The topological polar surface area (TPSA) is 101 Å². The van der Waals surface area contributed by atoms with Crippen molar-refractivity contribution < 1.29 is 24.0 Å². The maximum atomic E-state index is 12.5. The highest BCUT2D eigenvalue weighted by Crippen LogP contribution is 2.22. The van der Waals surface area contributed by atoms with Crippen LogP contribution in [0.15, 0.2) is 30.3 Å². The molecule has 0 amide bonds. The van der Waals surface area contributed by atoms with Crippen LogP contribution in [-0.2, 0) is 9.47 Å². The van der Waals surface area contributed by atoms with Gasteiger partial charge in [-0.15, -0.1) is 0 Å². The lowest BCUT2D eigenvalue weighted by Crippen LogP contribution is -2.17. The lowest BCUT2D eigenvalue weighted by Gasteiger charge is -2.17. The van der Waals surface area contributed by atoms with Gasteiger partial charge < -0.3 is 14.0 Å². The van der Waals surface area contributed by atoms with E-state index in [-0.39, 0.29) is 23.1 Å². The van der Waals surface area contributed by atoms with Crippen LogP contribution >= 0.6 is 0 Å². The van der Waals surface area contributed by atoms with E-state index in [1.165, 1.54) is 24.3 Å². The Balaban J connectivity index is 2.14. The molecule has 0 saturated carbocycles. The highest BCUT2D eigenvalue weighted by molar-refractivity contribution is 6.01. The number of aryl methyl sites for hydroxylation is 1. The summed E-state index contributed by atoms with van der Waals surface area (Å²) in [6.45, 7) is 5.68. The average molecular weight is 374 g/mol. The van der Waals surface area contributed by atoms with Gasteiger partial charge in [-0.3, -0.25) is 14.9 Å². The zero-order valence-corrected chi connectivity index (χ0v) is 15.7. The van der Waals surface area contributed by atoms with Crippen molar-refractivity contribution in [1.82, 2.24) is 4.57 Å². The number of Topliss-reactive ketones (excluding diaryl/α,β-unsaturated/α-hetero) is 1. The van der Waals surface area contributed by atoms with Crippen LogP contribution < -0.4 is 0 Å². The molecule has 1 heterocycles. The number of rotatable bonds is 8. The lowest BCUT2D eigenvalue weighted by molar-refractivity contribution is -0.385. The number of carbonyl (C=O) groups is 2. The number of nitro benzene ring substituents is 1. The third kappa shape index (κ3) is 4.40. The largest absolute Gasteiger partial charge is 0.454 e. The Labute approximate surface area is 156 Å². The molecule has 27 heavy (non-hydrogen) atoms. The molecule has 0 fully saturated rings. The molecule has 0 spiro atoms. The van der Waals surface area contributed by atoms with Crippen molar-refractivity contribution in [3.63, 3.8) is 0 Å². The second kappa shape index (κ2) is 8.59. The van der Waals surface area contributed by atoms with Gasteiger partial charge in [0.1, 0.15) is 5.56 Å². The van der Waals surface area contributed by atoms with E-state index < -0.39 is 17.5 Å². The molecule has 0 N–H and O–H groups in total. The zero-order chi connectivity index (χ0) is 20.1. The highest BCUT2D eigenvalue weighted by atomic mass is 16.6. The third-order valence-corrected chi connectivity index (χ3v) is 4.29. The normalized spacial score (nSPS) is 11.9. The molecule has 0 unspecified atom stereocenters. The van der Waals surface area contributed by atoms with E-state index in [1.54, 1.807) is 13.2 Å². The van der Waals surface area contributed by atoms with Crippen LogP contribution in [0, 0.1) is 24.0 Å². The van der Waals surface area contributed by atoms with Gasteiger partial charge in [0.15, 0.2) is 6.61 Å². The summed E-state index contributed by atoms with van der Waals surface area (Å²) < 4.78 is 12.2. The Morgan fingerprint density at radius 1 is 1.22 bits per heavy atom. The van der Waals surface area contributed by atoms with E-state index in [0.717, 1.165) is 11.4 Å². The summed E-state index contributed by atoms with van der Waals surface area (Å²) >= 11 is 0. The monoisotopic (exact) mass is 374 g/mol. The molecule has 0 aliphatic carbocycles. The van der Waals surface area contributed by atoms with Crippen LogP contribution in [0.5, 0.6) is 0 Å². The summed E-state index contributed by atoms with van der Waals surface area (Å²) in [5, 5.41) is 11.0. The van der Waals surface area contributed by atoms with Crippen LogP contribution in [0.4, 0.5) is 5.69 Å². The second-order valence-electron chi connectivity index (χ2n) is 6.23. The minimum Gasteiger partial charge on any atom is -0.454 e. The number of aromatic nitrogens is 1. The second-order valence-corrected chi connectivity index (χ2v) is 6.23. The summed E-state index contributed by atoms with van der Waals surface area (Å²) in [5.74, 6) is -1.27. The fraction of sp³-hybridized carbons (Fsp3) is 0.368. The molecule has 144 valence electrons. The fourth-order valence-electron chi connectivity index (χ4n) is 3.15. The van der Waals surface area contributed by atoms with E-state index in [1.807, 2.05) is 25.3 Å². The predicted octanol–water partition coefficient (Wildman–Crippen LogP) is 3.26. The van der Waals surface area contributed by atoms with E-state index in [0.29, 0.717) is 12.2 Å². The molecule has 0 radical (unpaired) electrons. The number of methoxy groups -OCH3 is 1. The molecule has 1 aromatic heterocycles. The fourth-order valence-corrected chi connectivity index (χ4v) is 3.15. The number of carbonyl (C=O) groups excluding carboxylic acids is 2. The van der Waals surface area contributed by atoms with Crippen molar-refractivity contribution in [1.29, 1.82) is 0 Å². The molecule has 8 nitrogen and oxygen atoms in total. The molecule has 8 heteroatoms. The average Bonchev–Trinajstić information content (AvgIpc) is 2.94. The van der Waals surface area contributed by atoms with Crippen LogP contribution in [0.3, 0.4) is 0 Å². The summed E-state index contributed by atoms with van der Waals surface area (Å²) in [5.41, 5.74) is 1.55. The van der Waals surface area contributed by atoms with E-state index >= 15 is 0 Å². The molecule has 0 saturated heterocycles. The Bertz CT molecular complexity index is 871. The number of hydrogen-bond donors (Lipinski definition) is 0. The number of para-hydroxylation sites is 1. The first-order valence-electron chi connectivity index (χ1n) is 8.39. The van der Waals surface area contributed by atoms with Gasteiger partial charge in [0.05, 0.1) is 17.6 Å². The standard InChI is InChI=1S/C19H22N2O6/c1-12-9-16(14(3)20(12)13(2)10-26-4)18(22)11-27-19(23)15-7-5-6-8-17(15)21(24)25/h5-9,13H,10-11H2,1-4H3/t13-/m1/s1. The number of nitro groups is 1. The molecule has 2 aromatic rings. The van der Waals surface area contributed by atoms with Crippen molar-refractivity contribution in [3.05, 3.63) is 63.0 Å². The Hall–Kier alpha value is -3.00. The minimum atomic E-state index is -0.905. The molecule has 0 aliphatic heterocycles. The van der Waals surface area contributed by atoms with Gasteiger partial charge >= 0.3 is 5.97 Å². The Morgan fingerprint density at radius 3 is 2.52 bits per heavy atom. The summed E-state index contributed by atoms with van der Waals surface area (Å²) in [7, 11) is 1.61.